The maximum Gasteiger partial charge on any atom is 0.148 e. The minimum Gasteiger partial charge on any atom is -0.507 e. The van der Waals surface area contributed by atoms with Gasteiger partial charge in [0.25, 0.3) is 0 Å². The van der Waals surface area contributed by atoms with Crippen molar-refractivity contribution >= 4 is 11.0 Å². The summed E-state index contributed by atoms with van der Waals surface area (Å²) in [6.07, 6.45) is 1.92. The quantitative estimate of drug-likeness (QED) is 0.179. The van der Waals surface area contributed by atoms with Crippen molar-refractivity contribution < 1.29 is 26.2 Å². The van der Waals surface area contributed by atoms with Gasteiger partial charge in [-0.05, 0) is 85.7 Å². The van der Waals surface area contributed by atoms with E-state index in [0.717, 1.165) is 39.1 Å². The Balaban J connectivity index is 0.00000580. The van der Waals surface area contributed by atoms with Crippen LogP contribution in [0.15, 0.2) is 85.1 Å². The number of imidazole rings is 1. The van der Waals surface area contributed by atoms with Gasteiger partial charge in [-0.25, -0.2) is 4.98 Å². The van der Waals surface area contributed by atoms with Crippen molar-refractivity contribution in [1.82, 2.24) is 14.5 Å². The molecule has 0 aliphatic rings. The fourth-order valence-electron chi connectivity index (χ4n) is 6.86. The molecule has 0 unspecified atom stereocenters. The van der Waals surface area contributed by atoms with Crippen LogP contribution in [0.5, 0.6) is 5.75 Å². The molecule has 0 aliphatic carbocycles. The van der Waals surface area contributed by atoms with Gasteiger partial charge in [-0.1, -0.05) is 145 Å². The summed E-state index contributed by atoms with van der Waals surface area (Å²) in [4.78, 5) is 10.4. The van der Waals surface area contributed by atoms with E-state index in [0.29, 0.717) is 11.4 Å². The molecule has 0 saturated carbocycles. The molecule has 0 atom stereocenters. The van der Waals surface area contributed by atoms with Gasteiger partial charge in [0.2, 0.25) is 0 Å². The maximum absolute atomic E-state index is 11.4. The first-order chi connectivity index (χ1) is 24.8. The van der Waals surface area contributed by atoms with E-state index >= 15 is 0 Å². The molecule has 55 heavy (non-hydrogen) atoms. The number of aromatic nitrogens is 3. The number of phenols is 1. The van der Waals surface area contributed by atoms with Crippen LogP contribution in [0.25, 0.3) is 50.5 Å². The number of aromatic hydroxyl groups is 1. The first-order valence-corrected chi connectivity index (χ1v) is 19.4. The predicted octanol–water partition coefficient (Wildman–Crippen LogP) is 13.4. The Hall–Kier alpha value is -4.01. The second-order valence-electron chi connectivity index (χ2n) is 20.3. The summed E-state index contributed by atoms with van der Waals surface area (Å²) < 4.78 is 2.27. The summed E-state index contributed by atoms with van der Waals surface area (Å²) in [6, 6.07) is 31.8. The van der Waals surface area contributed by atoms with Crippen LogP contribution in [0.4, 0.5) is 0 Å². The van der Waals surface area contributed by atoms with Crippen LogP contribution in [-0.2, 0) is 48.1 Å². The van der Waals surface area contributed by atoms with Gasteiger partial charge in [0, 0.05) is 38.6 Å². The molecule has 2 heterocycles. The second-order valence-corrected chi connectivity index (χ2v) is 20.3. The number of para-hydroxylation sites is 1. The van der Waals surface area contributed by atoms with Gasteiger partial charge in [0.1, 0.15) is 11.6 Å². The molecular weight excluding hydrogens is 854 g/mol. The largest absolute Gasteiger partial charge is 0.507 e. The fourth-order valence-corrected chi connectivity index (χ4v) is 6.86. The molecule has 1 N–H and O–H groups in total. The number of hydrogen-bond acceptors (Lipinski definition) is 3. The molecule has 6 rings (SSSR count). The molecule has 292 valence electrons. The van der Waals surface area contributed by atoms with E-state index < -0.39 is 0 Å². The molecule has 0 radical (unpaired) electrons. The van der Waals surface area contributed by atoms with Crippen LogP contribution < -0.4 is 0 Å². The van der Waals surface area contributed by atoms with E-state index in [-0.39, 0.29) is 53.9 Å². The zero-order valence-electron chi connectivity index (χ0n) is 35.7. The zero-order valence-corrected chi connectivity index (χ0v) is 38.0. The SMILES string of the molecule is CC(C)(C)c1cc(-c2cc(C(C)(C)C)ccn2)[c-]c(-c2cc(C(C)(C)C)cc3c2nc(-c2ccccc2O)n3-c2cc(C(C)(C)C)cc(C(C)(C)C)c2)c1.[Pt]. The summed E-state index contributed by atoms with van der Waals surface area (Å²) in [6.45, 7) is 33.9. The van der Waals surface area contributed by atoms with Gasteiger partial charge in [-0.15, -0.1) is 29.3 Å². The van der Waals surface area contributed by atoms with Crippen LogP contribution in [0, 0.1) is 6.07 Å². The van der Waals surface area contributed by atoms with E-state index in [1.54, 1.807) is 6.07 Å². The Bertz CT molecular complexity index is 2330. The first kappa shape index (κ1) is 42.1. The van der Waals surface area contributed by atoms with Gasteiger partial charge in [0.15, 0.2) is 0 Å². The molecule has 0 amide bonds. The van der Waals surface area contributed by atoms with Crippen molar-refractivity contribution in [1.29, 1.82) is 0 Å². The van der Waals surface area contributed by atoms with E-state index in [2.05, 4.69) is 169 Å². The number of rotatable bonds is 4. The fraction of sp³-hybridized carbons (Fsp3) is 0.400. The molecule has 0 saturated heterocycles. The van der Waals surface area contributed by atoms with Crippen molar-refractivity contribution in [3.05, 3.63) is 119 Å². The molecule has 0 fully saturated rings. The van der Waals surface area contributed by atoms with Gasteiger partial charge < -0.3 is 5.11 Å². The number of benzene rings is 4. The molecule has 5 heteroatoms. The summed E-state index contributed by atoms with van der Waals surface area (Å²) in [5, 5.41) is 11.4. The summed E-state index contributed by atoms with van der Waals surface area (Å²) in [5.41, 5.74) is 13.1. The third kappa shape index (κ3) is 8.71. The van der Waals surface area contributed by atoms with Crippen LogP contribution in [0.3, 0.4) is 0 Å². The van der Waals surface area contributed by atoms with Crippen LogP contribution in [0.2, 0.25) is 0 Å². The van der Waals surface area contributed by atoms with E-state index in [9.17, 15) is 5.11 Å². The number of hydrogen-bond donors (Lipinski definition) is 1. The monoisotopic (exact) mass is 913 g/mol. The summed E-state index contributed by atoms with van der Waals surface area (Å²) >= 11 is 0. The van der Waals surface area contributed by atoms with E-state index in [1.807, 2.05) is 24.4 Å². The minimum absolute atomic E-state index is 0. The van der Waals surface area contributed by atoms with Crippen molar-refractivity contribution in [2.75, 3.05) is 0 Å². The smallest absolute Gasteiger partial charge is 0.148 e. The minimum atomic E-state index is -0.163. The third-order valence-corrected chi connectivity index (χ3v) is 10.6. The van der Waals surface area contributed by atoms with Crippen molar-refractivity contribution in [2.45, 2.75) is 131 Å². The second kappa shape index (κ2) is 14.5. The molecule has 4 nitrogen and oxygen atoms in total. The molecule has 0 aliphatic heterocycles. The van der Waals surface area contributed by atoms with Crippen LogP contribution in [0.1, 0.15) is 132 Å². The Kier molecular flexibility index (Phi) is 11.1. The Labute approximate surface area is 345 Å². The van der Waals surface area contributed by atoms with Crippen LogP contribution in [-0.4, -0.2) is 19.6 Å². The third-order valence-electron chi connectivity index (χ3n) is 10.6. The molecule has 6 aromatic rings. The molecule has 2 aromatic heterocycles. The van der Waals surface area contributed by atoms with Gasteiger partial charge in [-0.2, -0.15) is 0 Å². The summed E-state index contributed by atoms with van der Waals surface area (Å²) in [5.74, 6) is 0.899. The number of nitrogens with zero attached hydrogens (tertiary/aromatic N) is 3. The number of phenolic OH excluding ortho intramolecular Hbond substituents is 1. The molecule has 0 bridgehead atoms. The van der Waals surface area contributed by atoms with Gasteiger partial charge in [-0.3, -0.25) is 9.55 Å². The molecule has 0 spiro atoms. The van der Waals surface area contributed by atoms with Gasteiger partial charge in [0.05, 0.1) is 16.6 Å². The van der Waals surface area contributed by atoms with Crippen LogP contribution >= 0.6 is 0 Å². The van der Waals surface area contributed by atoms with E-state index in [1.165, 1.54) is 27.8 Å². The number of pyridine rings is 1. The predicted molar refractivity (Wildman–Crippen MR) is 229 cm³/mol. The average molecular weight is 914 g/mol. The molecular formula is C50H60N3OPt-. The Morgan fingerprint density at radius 3 is 1.58 bits per heavy atom. The summed E-state index contributed by atoms with van der Waals surface area (Å²) in [7, 11) is 0. The standard InChI is InChI=1S/C50H60N3O.Pt/c1-46(2,3)33-20-21-51-41(29-33)32-22-31(23-34(24-32)47(4,5)6)40-28-37(50(13,14)15)30-42-44(40)52-45(39-18-16-17-19-43(39)54)53(42)38-26-35(48(7,8)9)25-36(27-38)49(10,11)12;/h16-21,23-30,54H,1-15H3;/q-1;. The normalized spacial score (nSPS) is 12.9. The number of fused-ring (bicyclic) bond motifs is 1. The Morgan fingerprint density at radius 1 is 0.527 bits per heavy atom. The topological polar surface area (TPSA) is 50.9 Å². The van der Waals surface area contributed by atoms with E-state index in [4.69, 9.17) is 9.97 Å². The average Bonchev–Trinajstić information content (AvgIpc) is 3.45. The first-order valence-electron chi connectivity index (χ1n) is 19.4. The van der Waals surface area contributed by atoms with Crippen molar-refractivity contribution in [2.24, 2.45) is 0 Å². The van der Waals surface area contributed by atoms with Crippen molar-refractivity contribution in [3.8, 4) is 45.2 Å². The molecule has 4 aromatic carbocycles. The van der Waals surface area contributed by atoms with Gasteiger partial charge >= 0.3 is 0 Å². The Morgan fingerprint density at radius 2 is 1.04 bits per heavy atom. The zero-order chi connectivity index (χ0) is 39.8. The van der Waals surface area contributed by atoms with Crippen molar-refractivity contribution in [3.63, 3.8) is 0 Å². The maximum atomic E-state index is 11.4.